The van der Waals surface area contributed by atoms with E-state index in [1.165, 1.54) is 25.3 Å². The first kappa shape index (κ1) is 23.9. The number of Topliss-reactive ketones (excluding diaryl/α,β-unsaturated/α-hetero) is 1. The summed E-state index contributed by atoms with van der Waals surface area (Å²) in [5.74, 6) is -0.864. The molecule has 37 heavy (non-hydrogen) atoms. The molecular weight excluding hydrogens is 487 g/mol. The zero-order valence-electron chi connectivity index (χ0n) is 20.7. The second-order valence-corrected chi connectivity index (χ2v) is 11.7. The van der Waals surface area contributed by atoms with Crippen molar-refractivity contribution in [2.45, 2.75) is 70.8 Å². The van der Waals surface area contributed by atoms with Crippen LogP contribution < -0.4 is 19.9 Å². The first-order valence-corrected chi connectivity index (χ1v) is 12.3. The van der Waals surface area contributed by atoms with E-state index in [1.54, 1.807) is 10.7 Å². The summed E-state index contributed by atoms with van der Waals surface area (Å²) < 4.78 is 52.4. The van der Waals surface area contributed by atoms with Crippen molar-refractivity contribution in [2.24, 2.45) is 10.8 Å². The molecule has 1 aromatic carbocycles. The lowest BCUT2D eigenvalue weighted by atomic mass is 9.36. The molecule has 5 aliphatic rings. The molecule has 1 atom stereocenters. The number of pyridine rings is 1. The molecule has 2 aromatic rings. The van der Waals surface area contributed by atoms with Crippen molar-refractivity contribution in [3.8, 4) is 28.8 Å². The third-order valence-electron chi connectivity index (χ3n) is 8.48. The summed E-state index contributed by atoms with van der Waals surface area (Å²) >= 11 is 0. The lowest BCUT2D eigenvalue weighted by molar-refractivity contribution is -0.275. The number of rotatable bonds is 5. The lowest BCUT2D eigenvalue weighted by Crippen LogP contribution is -2.63. The fourth-order valence-electron chi connectivity index (χ4n) is 6.94. The molecular formula is C27H26F3N3O4. The maximum atomic E-state index is 13.4. The van der Waals surface area contributed by atoms with Crippen LogP contribution in [0.3, 0.4) is 0 Å². The molecule has 4 fully saturated rings. The van der Waals surface area contributed by atoms with Crippen molar-refractivity contribution in [2.75, 3.05) is 11.6 Å². The van der Waals surface area contributed by atoms with Crippen LogP contribution in [0.1, 0.15) is 74.8 Å². The van der Waals surface area contributed by atoms with E-state index in [2.05, 4.69) is 29.7 Å². The number of carbonyl (C=O) groups excluding carboxylic acids is 1. The summed E-state index contributed by atoms with van der Waals surface area (Å²) in [4.78, 5) is 24.9. The molecule has 3 aliphatic carbocycles. The average molecular weight is 514 g/mol. The Bertz CT molecular complexity index is 1430. The highest BCUT2D eigenvalue weighted by atomic mass is 19.4. The fourth-order valence-corrected chi connectivity index (χ4v) is 6.94. The Labute approximate surface area is 211 Å². The largest absolute Gasteiger partial charge is 0.573 e. The van der Waals surface area contributed by atoms with E-state index in [0.717, 1.165) is 18.4 Å². The lowest BCUT2D eigenvalue weighted by Gasteiger charge is -2.66. The monoisotopic (exact) mass is 513 g/mol. The van der Waals surface area contributed by atoms with Crippen LogP contribution in [0.5, 0.6) is 11.5 Å². The first-order chi connectivity index (χ1) is 17.3. The smallest absolute Gasteiger partial charge is 0.489 e. The van der Waals surface area contributed by atoms with Gasteiger partial charge in [-0.1, -0.05) is 0 Å². The minimum Gasteiger partial charge on any atom is -0.489 e. The molecule has 10 heteroatoms. The topological polar surface area (TPSA) is 84.6 Å². The summed E-state index contributed by atoms with van der Waals surface area (Å²) in [5, 5.41) is 11.4. The van der Waals surface area contributed by atoms with Crippen LogP contribution in [-0.2, 0) is 0 Å². The van der Waals surface area contributed by atoms with Crippen molar-refractivity contribution >= 4 is 5.78 Å². The summed E-state index contributed by atoms with van der Waals surface area (Å²) in [5.41, 5.74) is 0.303. The van der Waals surface area contributed by atoms with Gasteiger partial charge in [0.1, 0.15) is 0 Å². The number of alkyl halides is 3. The predicted molar refractivity (Wildman–Crippen MR) is 127 cm³/mol. The Hall–Kier alpha value is -3.48. The number of ketones is 1. The van der Waals surface area contributed by atoms with E-state index >= 15 is 0 Å². The van der Waals surface area contributed by atoms with Crippen molar-refractivity contribution in [3.63, 3.8) is 0 Å². The van der Waals surface area contributed by atoms with E-state index in [-0.39, 0.29) is 46.1 Å². The van der Waals surface area contributed by atoms with Gasteiger partial charge in [0.25, 0.3) is 0 Å². The SMILES string of the molecule is CC(=O)c1cn2c(cc1=O)-c1cc(OC(F)(F)F)c(OCC34CC(C#N)(C3)C4)cc1[C@H]1CCC(C)(C)N12. The zero-order chi connectivity index (χ0) is 26.5. The summed E-state index contributed by atoms with van der Waals surface area (Å²) in [6, 6.07) is 6.33. The number of carbonyl (C=O) groups is 1. The number of nitriles is 1. The van der Waals surface area contributed by atoms with Gasteiger partial charge in [-0.05, 0) is 70.6 Å². The third kappa shape index (κ3) is 3.54. The van der Waals surface area contributed by atoms with Crippen molar-refractivity contribution in [3.05, 3.63) is 45.7 Å². The van der Waals surface area contributed by atoms with Crippen LogP contribution in [-0.4, -0.2) is 29.0 Å². The maximum Gasteiger partial charge on any atom is 0.573 e. The predicted octanol–water partition coefficient (Wildman–Crippen LogP) is 5.25. The Morgan fingerprint density at radius 1 is 1.19 bits per heavy atom. The Morgan fingerprint density at radius 3 is 2.51 bits per heavy atom. The van der Waals surface area contributed by atoms with E-state index in [0.29, 0.717) is 30.5 Å². The van der Waals surface area contributed by atoms with Crippen LogP contribution in [0.4, 0.5) is 13.2 Å². The first-order valence-electron chi connectivity index (χ1n) is 12.3. The second-order valence-electron chi connectivity index (χ2n) is 11.7. The van der Waals surface area contributed by atoms with Crippen LogP contribution in [0.25, 0.3) is 11.3 Å². The Kier molecular flexibility index (Phi) is 4.71. The molecule has 0 unspecified atom stereocenters. The quantitative estimate of drug-likeness (QED) is 0.508. The van der Waals surface area contributed by atoms with E-state index < -0.39 is 17.5 Å². The number of benzene rings is 1. The molecule has 0 radical (unpaired) electrons. The number of ether oxygens (including phenoxy) is 2. The standard InChI is InChI=1S/C27H26F3N3O4/c1-15(34)18-9-32-20(8-21(18)35)17-7-23(37-27(28,29)30)22(36-14-26-10-25(11-26,12-26)13-31)6-16(17)19-4-5-24(2,3)33(19)32/h6-9,19H,4-5,10-12,14H2,1-3H3/t19-,25?,26?/m1/s1. The van der Waals surface area contributed by atoms with Gasteiger partial charge in [0.05, 0.1) is 40.9 Å². The van der Waals surface area contributed by atoms with Crippen molar-refractivity contribution in [1.82, 2.24) is 4.68 Å². The van der Waals surface area contributed by atoms with Gasteiger partial charge in [0.15, 0.2) is 22.7 Å². The summed E-state index contributed by atoms with van der Waals surface area (Å²) in [6.07, 6.45) is 0.152. The molecule has 3 heterocycles. The average Bonchev–Trinajstić information content (AvgIpc) is 3.06. The number of hydrogen-bond donors (Lipinski definition) is 0. The van der Waals surface area contributed by atoms with Crippen LogP contribution in [0, 0.1) is 22.2 Å². The Balaban J connectivity index is 1.47. The Morgan fingerprint density at radius 2 is 1.89 bits per heavy atom. The van der Waals surface area contributed by atoms with E-state index in [4.69, 9.17) is 4.74 Å². The van der Waals surface area contributed by atoms with Crippen molar-refractivity contribution in [1.29, 1.82) is 5.26 Å². The second kappa shape index (κ2) is 7.30. The van der Waals surface area contributed by atoms with Gasteiger partial charge >= 0.3 is 6.36 Å². The number of hydrogen-bond acceptors (Lipinski definition) is 6. The summed E-state index contributed by atoms with van der Waals surface area (Å²) in [6.45, 7) is 5.64. The number of aromatic nitrogens is 1. The van der Waals surface area contributed by atoms with Gasteiger partial charge in [-0.15, -0.1) is 13.2 Å². The van der Waals surface area contributed by atoms with Gasteiger partial charge in [0.2, 0.25) is 0 Å². The normalized spacial score (nSPS) is 28.1. The van der Waals surface area contributed by atoms with Gasteiger partial charge in [-0.25, -0.2) is 0 Å². The molecule has 0 N–H and O–H groups in total. The number of halogens is 3. The van der Waals surface area contributed by atoms with E-state index in [9.17, 15) is 28.0 Å². The zero-order valence-corrected chi connectivity index (χ0v) is 20.7. The minimum absolute atomic E-state index is 0.00684. The fraction of sp³-hybridized carbons (Fsp3) is 0.519. The van der Waals surface area contributed by atoms with Crippen molar-refractivity contribution < 1.29 is 27.4 Å². The van der Waals surface area contributed by atoms with Gasteiger partial charge in [-0.3, -0.25) is 19.3 Å². The molecule has 0 spiro atoms. The third-order valence-corrected chi connectivity index (χ3v) is 8.48. The van der Waals surface area contributed by atoms with Gasteiger partial charge in [0, 0.05) is 23.2 Å². The van der Waals surface area contributed by atoms with Crippen LogP contribution in [0.2, 0.25) is 0 Å². The molecule has 194 valence electrons. The molecule has 3 saturated carbocycles. The molecule has 0 amide bonds. The molecule has 7 rings (SSSR count). The summed E-state index contributed by atoms with van der Waals surface area (Å²) in [7, 11) is 0. The van der Waals surface area contributed by atoms with Crippen LogP contribution in [0.15, 0.2) is 29.2 Å². The highest BCUT2D eigenvalue weighted by Gasteiger charge is 2.68. The van der Waals surface area contributed by atoms with Crippen LogP contribution >= 0.6 is 0 Å². The molecule has 1 aromatic heterocycles. The highest BCUT2D eigenvalue weighted by Crippen LogP contribution is 2.73. The highest BCUT2D eigenvalue weighted by molar-refractivity contribution is 5.94. The molecule has 2 bridgehead atoms. The molecule has 7 nitrogen and oxygen atoms in total. The van der Waals surface area contributed by atoms with Gasteiger partial charge < -0.3 is 9.47 Å². The van der Waals surface area contributed by atoms with E-state index in [1.807, 2.05) is 0 Å². The molecule has 1 saturated heterocycles. The van der Waals surface area contributed by atoms with Gasteiger partial charge in [-0.2, -0.15) is 5.26 Å². The minimum atomic E-state index is -4.94. The maximum absolute atomic E-state index is 13.4. The number of fused-ring (bicyclic) bond motifs is 6. The number of nitrogens with zero attached hydrogens (tertiary/aromatic N) is 3. The molecule has 2 aliphatic heterocycles.